The van der Waals surface area contributed by atoms with E-state index in [-0.39, 0.29) is 23.7 Å². The minimum atomic E-state index is -0.765. The smallest absolute Gasteiger partial charge is 0.340 e. The van der Waals surface area contributed by atoms with E-state index in [2.05, 4.69) is 4.98 Å². The van der Waals surface area contributed by atoms with Gasteiger partial charge in [-0.25, -0.2) is 4.79 Å². The lowest BCUT2D eigenvalue weighted by molar-refractivity contribution is -0.195. The van der Waals surface area contributed by atoms with Crippen LogP contribution in [0.1, 0.15) is 77.6 Å². The predicted molar refractivity (Wildman–Crippen MR) is 104 cm³/mol. The number of ether oxygens (including phenoxy) is 2. The molecule has 1 aromatic heterocycles. The van der Waals surface area contributed by atoms with Gasteiger partial charge in [-0.2, -0.15) is 0 Å². The number of aryl methyl sites for hydroxylation is 2. The van der Waals surface area contributed by atoms with Gasteiger partial charge in [-0.3, -0.25) is 9.59 Å². The highest BCUT2D eigenvalue weighted by atomic mass is 16.5. The molecule has 7 nitrogen and oxygen atoms in total. The van der Waals surface area contributed by atoms with Gasteiger partial charge < -0.3 is 19.6 Å². The number of esters is 2. The minimum Gasteiger partial charge on any atom is -0.462 e. The number of hydrogen-bond acceptors (Lipinski definition) is 6. The van der Waals surface area contributed by atoms with Crippen molar-refractivity contribution in [2.45, 2.75) is 64.9 Å². The van der Waals surface area contributed by atoms with Crippen molar-refractivity contribution in [3.63, 3.8) is 0 Å². The molecule has 7 heteroatoms. The van der Waals surface area contributed by atoms with Crippen molar-refractivity contribution < 1.29 is 29.0 Å². The van der Waals surface area contributed by atoms with Crippen molar-refractivity contribution in [2.75, 3.05) is 13.2 Å². The molecule has 4 atom stereocenters. The zero-order valence-corrected chi connectivity index (χ0v) is 17.3. The summed E-state index contributed by atoms with van der Waals surface area (Å²) < 4.78 is 10.5. The number of aromatic amines is 1. The van der Waals surface area contributed by atoms with Gasteiger partial charge in [-0.15, -0.1) is 0 Å². The van der Waals surface area contributed by atoms with Crippen LogP contribution in [0.15, 0.2) is 0 Å². The summed E-state index contributed by atoms with van der Waals surface area (Å²) in [5.41, 5.74) is 0.0899. The Morgan fingerprint density at radius 1 is 1.03 bits per heavy atom. The summed E-state index contributed by atoms with van der Waals surface area (Å²) in [6.07, 6.45) is 4.49. The van der Waals surface area contributed by atoms with E-state index in [4.69, 9.17) is 9.47 Å². The number of rotatable bonds is 6. The Morgan fingerprint density at radius 2 is 1.66 bits per heavy atom. The monoisotopic (exact) mass is 403 g/mol. The molecule has 1 aromatic rings. The van der Waals surface area contributed by atoms with Crippen LogP contribution < -0.4 is 0 Å². The molecular weight excluding hydrogens is 374 g/mol. The molecule has 0 amide bonds. The number of carbonyl (C=O) groups is 3. The molecule has 0 aromatic carbocycles. The van der Waals surface area contributed by atoms with E-state index in [0.717, 1.165) is 32.1 Å². The van der Waals surface area contributed by atoms with Crippen LogP contribution in [0.4, 0.5) is 0 Å². The van der Waals surface area contributed by atoms with Crippen LogP contribution in [0.5, 0.6) is 0 Å². The second-order valence-electron chi connectivity index (χ2n) is 9.31. The summed E-state index contributed by atoms with van der Waals surface area (Å²) in [6.45, 7) is 4.91. The maximum atomic E-state index is 13.0. The van der Waals surface area contributed by atoms with Gasteiger partial charge in [0.1, 0.15) is 0 Å². The summed E-state index contributed by atoms with van der Waals surface area (Å²) in [4.78, 5) is 41.1. The van der Waals surface area contributed by atoms with Crippen molar-refractivity contribution in [2.24, 2.45) is 17.3 Å². The Morgan fingerprint density at radius 3 is 2.24 bits per heavy atom. The molecule has 4 fully saturated rings. The summed E-state index contributed by atoms with van der Waals surface area (Å²) in [5.74, 6) is -0.663. The van der Waals surface area contributed by atoms with Crippen molar-refractivity contribution in [3.05, 3.63) is 22.5 Å². The number of nitrogens with one attached hydrogen (secondary N) is 1. The predicted octanol–water partition coefficient (Wildman–Crippen LogP) is 2.87. The van der Waals surface area contributed by atoms with Gasteiger partial charge in [0.2, 0.25) is 5.78 Å². The molecule has 0 aliphatic heterocycles. The fraction of sp³-hybridized carbons (Fsp3) is 0.682. The zero-order chi connectivity index (χ0) is 21.0. The van der Waals surface area contributed by atoms with Crippen LogP contribution >= 0.6 is 0 Å². The molecule has 4 aliphatic rings. The average Bonchev–Trinajstić information content (AvgIpc) is 2.91. The van der Waals surface area contributed by atoms with E-state index in [1.165, 1.54) is 0 Å². The quantitative estimate of drug-likeness (QED) is 0.559. The van der Waals surface area contributed by atoms with E-state index in [1.54, 1.807) is 20.8 Å². The molecule has 4 aliphatic carbocycles. The van der Waals surface area contributed by atoms with Gasteiger partial charge in [0, 0.05) is 11.4 Å². The Bertz CT molecular complexity index is 855. The largest absolute Gasteiger partial charge is 0.462 e. The maximum Gasteiger partial charge on any atom is 0.340 e. The number of hydrogen-bond donors (Lipinski definition) is 2. The Kier molecular flexibility index (Phi) is 4.84. The third-order valence-electron chi connectivity index (χ3n) is 6.93. The molecule has 5 rings (SSSR count). The standard InChI is InChI=1S/C22H29NO6/c1-4-28-19(25)18-13(3)23-12(2)17(18)16(24)10-29-20(26)21-6-14-5-15(7-21)9-22(27,8-14)11-21/h14-15,23,27H,4-11H2,1-3H3/t14-,15+,21?,22?. The highest BCUT2D eigenvalue weighted by molar-refractivity contribution is 6.09. The molecule has 0 radical (unpaired) electrons. The van der Waals surface area contributed by atoms with Gasteiger partial charge in [0.25, 0.3) is 0 Å². The van der Waals surface area contributed by atoms with E-state index in [1.807, 2.05) is 0 Å². The number of aliphatic hydroxyl groups is 1. The molecule has 0 saturated heterocycles. The van der Waals surface area contributed by atoms with Gasteiger partial charge >= 0.3 is 11.9 Å². The average molecular weight is 403 g/mol. The van der Waals surface area contributed by atoms with Crippen molar-refractivity contribution in [3.8, 4) is 0 Å². The van der Waals surface area contributed by atoms with Gasteiger partial charge in [-0.05, 0) is 71.1 Å². The van der Waals surface area contributed by atoms with Crippen LogP contribution in [0.25, 0.3) is 0 Å². The topological polar surface area (TPSA) is 106 Å². The van der Waals surface area contributed by atoms with Crippen LogP contribution in [-0.2, 0) is 14.3 Å². The number of ketones is 1. The fourth-order valence-electron chi connectivity index (χ4n) is 6.40. The first kappa shape index (κ1) is 20.1. The van der Waals surface area contributed by atoms with Gasteiger partial charge in [0.05, 0.1) is 28.7 Å². The van der Waals surface area contributed by atoms with Crippen molar-refractivity contribution in [1.29, 1.82) is 0 Å². The Balaban J connectivity index is 1.48. The highest BCUT2D eigenvalue weighted by Crippen LogP contribution is 2.61. The fourth-order valence-corrected chi connectivity index (χ4v) is 6.40. The van der Waals surface area contributed by atoms with E-state index >= 15 is 0 Å². The lowest BCUT2D eigenvalue weighted by Gasteiger charge is -2.58. The lowest BCUT2D eigenvalue weighted by Crippen LogP contribution is -2.58. The number of carbonyl (C=O) groups excluding carboxylic acids is 3. The van der Waals surface area contributed by atoms with Crippen molar-refractivity contribution in [1.82, 2.24) is 4.98 Å². The van der Waals surface area contributed by atoms with Gasteiger partial charge in [-0.1, -0.05) is 0 Å². The normalized spacial score (nSPS) is 32.3. The van der Waals surface area contributed by atoms with Crippen molar-refractivity contribution >= 4 is 17.7 Å². The van der Waals surface area contributed by atoms with Crippen LogP contribution in [0.2, 0.25) is 0 Å². The number of H-pyrrole nitrogens is 1. The molecule has 4 bridgehead atoms. The molecule has 0 spiro atoms. The molecule has 158 valence electrons. The molecule has 2 N–H and O–H groups in total. The minimum absolute atomic E-state index is 0.203. The number of Topliss-reactive ketones (excluding diaryl/α,β-unsaturated/α-hetero) is 1. The lowest BCUT2D eigenvalue weighted by atomic mass is 9.48. The van der Waals surface area contributed by atoms with Gasteiger partial charge in [0.15, 0.2) is 6.61 Å². The second kappa shape index (κ2) is 6.97. The first-order valence-electron chi connectivity index (χ1n) is 10.5. The summed E-state index contributed by atoms with van der Waals surface area (Å²) in [7, 11) is 0. The molecule has 1 heterocycles. The SMILES string of the molecule is CCOC(=O)c1c(C)[nH]c(C)c1C(=O)COC(=O)C12C[C@@H]3C[C@@H](CC(O)(C3)C1)C2. The molecule has 4 saturated carbocycles. The summed E-state index contributed by atoms with van der Waals surface area (Å²) in [6, 6.07) is 0. The van der Waals surface area contributed by atoms with E-state index < -0.39 is 29.4 Å². The third kappa shape index (κ3) is 3.39. The van der Waals surface area contributed by atoms with E-state index in [0.29, 0.717) is 29.6 Å². The second-order valence-corrected chi connectivity index (χ2v) is 9.31. The van der Waals surface area contributed by atoms with Crippen LogP contribution in [0.3, 0.4) is 0 Å². The summed E-state index contributed by atoms with van der Waals surface area (Å²) >= 11 is 0. The molecule has 29 heavy (non-hydrogen) atoms. The van der Waals surface area contributed by atoms with E-state index in [9.17, 15) is 19.5 Å². The number of aromatic nitrogens is 1. The zero-order valence-electron chi connectivity index (χ0n) is 17.3. The van der Waals surface area contributed by atoms with Crippen LogP contribution in [0, 0.1) is 31.1 Å². The Hall–Kier alpha value is -2.15. The molecule has 2 unspecified atom stereocenters. The summed E-state index contributed by atoms with van der Waals surface area (Å²) in [5, 5.41) is 10.8. The molecular formula is C22H29NO6. The highest BCUT2D eigenvalue weighted by Gasteiger charge is 2.60. The first-order valence-corrected chi connectivity index (χ1v) is 10.5. The Labute approximate surface area is 170 Å². The first-order chi connectivity index (χ1) is 13.7. The third-order valence-corrected chi connectivity index (χ3v) is 6.93. The maximum absolute atomic E-state index is 13.0. The van der Waals surface area contributed by atoms with Crippen LogP contribution in [-0.4, -0.2) is 46.6 Å².